The number of nitrogens with zero attached hydrogens (tertiary/aromatic N) is 2. The predicted octanol–water partition coefficient (Wildman–Crippen LogP) is 3.21. The zero-order valence-electron chi connectivity index (χ0n) is 12.2. The Hall–Kier alpha value is -2.33. The van der Waals surface area contributed by atoms with Crippen molar-refractivity contribution in [2.75, 3.05) is 0 Å². The third kappa shape index (κ3) is 2.62. The van der Waals surface area contributed by atoms with E-state index >= 15 is 0 Å². The molecule has 0 aliphatic rings. The van der Waals surface area contributed by atoms with Gasteiger partial charge in [-0.05, 0) is 12.3 Å². The second kappa shape index (κ2) is 5.58. The van der Waals surface area contributed by atoms with Gasteiger partial charge < -0.3 is 14.4 Å². The van der Waals surface area contributed by atoms with E-state index in [0.717, 1.165) is 27.9 Å². The van der Waals surface area contributed by atoms with Crippen molar-refractivity contribution in [1.29, 1.82) is 0 Å². The monoisotopic (exact) mass is 282 g/mol. The van der Waals surface area contributed by atoms with Crippen LogP contribution in [0.25, 0.3) is 10.8 Å². The van der Waals surface area contributed by atoms with Gasteiger partial charge in [-0.25, -0.2) is 4.98 Å². The highest BCUT2D eigenvalue weighted by Crippen LogP contribution is 2.34. The molecule has 0 saturated carbocycles. The normalized spacial score (nSPS) is 12.5. The maximum Gasteiger partial charge on any atom is 0.146 e. The van der Waals surface area contributed by atoms with Gasteiger partial charge in [0.15, 0.2) is 0 Å². The lowest BCUT2D eigenvalue weighted by Gasteiger charge is -2.16. The SMILES string of the molecule is C[C@H](O)c1ccc2ccccc2c1OCc1nccn1C. The van der Waals surface area contributed by atoms with Crippen LogP contribution < -0.4 is 4.74 Å². The van der Waals surface area contributed by atoms with Crippen molar-refractivity contribution in [2.24, 2.45) is 7.05 Å². The van der Waals surface area contributed by atoms with Crippen molar-refractivity contribution in [3.05, 3.63) is 60.2 Å². The van der Waals surface area contributed by atoms with Crippen molar-refractivity contribution >= 4 is 10.8 Å². The summed E-state index contributed by atoms with van der Waals surface area (Å²) in [5, 5.41) is 12.1. The highest BCUT2D eigenvalue weighted by molar-refractivity contribution is 5.89. The predicted molar refractivity (Wildman–Crippen MR) is 82.1 cm³/mol. The number of benzene rings is 2. The van der Waals surface area contributed by atoms with Gasteiger partial charge in [0.1, 0.15) is 18.2 Å². The number of aliphatic hydroxyl groups is 1. The number of aryl methyl sites for hydroxylation is 1. The van der Waals surface area contributed by atoms with Crippen molar-refractivity contribution in [3.8, 4) is 5.75 Å². The molecule has 0 amide bonds. The summed E-state index contributed by atoms with van der Waals surface area (Å²) in [7, 11) is 1.93. The second-order valence-electron chi connectivity index (χ2n) is 5.12. The molecule has 3 aromatic rings. The molecule has 3 rings (SSSR count). The Labute approximate surface area is 123 Å². The average molecular weight is 282 g/mol. The van der Waals surface area contributed by atoms with E-state index in [1.54, 1.807) is 13.1 Å². The van der Waals surface area contributed by atoms with E-state index in [1.165, 1.54) is 0 Å². The van der Waals surface area contributed by atoms with Crippen LogP contribution in [0, 0.1) is 0 Å². The van der Waals surface area contributed by atoms with Gasteiger partial charge >= 0.3 is 0 Å². The Kier molecular flexibility index (Phi) is 3.62. The van der Waals surface area contributed by atoms with E-state index in [-0.39, 0.29) is 0 Å². The first-order valence-corrected chi connectivity index (χ1v) is 6.95. The third-order valence-corrected chi connectivity index (χ3v) is 3.63. The fourth-order valence-electron chi connectivity index (χ4n) is 2.42. The van der Waals surface area contributed by atoms with Gasteiger partial charge in [0.05, 0.1) is 6.10 Å². The van der Waals surface area contributed by atoms with Crippen LogP contribution in [0.5, 0.6) is 5.75 Å². The molecular weight excluding hydrogens is 264 g/mol. The van der Waals surface area contributed by atoms with E-state index in [1.807, 2.05) is 54.2 Å². The first-order chi connectivity index (χ1) is 10.2. The van der Waals surface area contributed by atoms with E-state index in [0.29, 0.717) is 6.61 Å². The first-order valence-electron chi connectivity index (χ1n) is 6.95. The summed E-state index contributed by atoms with van der Waals surface area (Å²) in [6.07, 6.45) is 3.06. The summed E-state index contributed by atoms with van der Waals surface area (Å²) < 4.78 is 7.92. The van der Waals surface area contributed by atoms with Crippen LogP contribution in [-0.2, 0) is 13.7 Å². The van der Waals surface area contributed by atoms with Gasteiger partial charge in [-0.15, -0.1) is 0 Å². The molecule has 108 valence electrons. The molecule has 4 nitrogen and oxygen atoms in total. The Balaban J connectivity index is 2.02. The van der Waals surface area contributed by atoms with Gasteiger partial charge in [0.2, 0.25) is 0 Å². The third-order valence-electron chi connectivity index (χ3n) is 3.63. The molecule has 0 fully saturated rings. The molecule has 21 heavy (non-hydrogen) atoms. The van der Waals surface area contributed by atoms with E-state index < -0.39 is 6.10 Å². The summed E-state index contributed by atoms with van der Waals surface area (Å²) in [5.74, 6) is 1.57. The van der Waals surface area contributed by atoms with E-state index in [4.69, 9.17) is 4.74 Å². The number of rotatable bonds is 4. The molecule has 1 heterocycles. The standard InChI is InChI=1S/C17H18N2O2/c1-12(20)14-8-7-13-5-3-4-6-15(13)17(14)21-11-16-18-9-10-19(16)2/h3-10,12,20H,11H2,1-2H3/t12-/m0/s1. The van der Waals surface area contributed by atoms with Gasteiger partial charge in [0.25, 0.3) is 0 Å². The Bertz CT molecular complexity index is 762. The number of fused-ring (bicyclic) bond motifs is 1. The fourth-order valence-corrected chi connectivity index (χ4v) is 2.42. The van der Waals surface area contributed by atoms with Crippen LogP contribution in [0.3, 0.4) is 0 Å². The number of ether oxygens (including phenoxy) is 1. The molecular formula is C17H18N2O2. The molecule has 4 heteroatoms. The minimum atomic E-state index is -0.578. The summed E-state index contributed by atoms with van der Waals surface area (Å²) in [5.41, 5.74) is 0.794. The van der Waals surface area contributed by atoms with Crippen molar-refractivity contribution in [2.45, 2.75) is 19.6 Å². The lowest BCUT2D eigenvalue weighted by molar-refractivity contribution is 0.190. The van der Waals surface area contributed by atoms with Crippen LogP contribution in [0.1, 0.15) is 24.4 Å². The lowest BCUT2D eigenvalue weighted by Crippen LogP contribution is -2.06. The van der Waals surface area contributed by atoms with Gasteiger partial charge in [-0.3, -0.25) is 0 Å². The summed E-state index contributed by atoms with van der Waals surface area (Å²) in [6.45, 7) is 2.12. The molecule has 1 aromatic heterocycles. The molecule has 0 unspecified atom stereocenters. The fraction of sp³-hybridized carbons (Fsp3) is 0.235. The average Bonchev–Trinajstić information content (AvgIpc) is 2.89. The zero-order valence-corrected chi connectivity index (χ0v) is 12.2. The van der Waals surface area contributed by atoms with Gasteiger partial charge in [0, 0.05) is 30.4 Å². The number of imidazole rings is 1. The van der Waals surface area contributed by atoms with Crippen LogP contribution in [0.4, 0.5) is 0 Å². The highest BCUT2D eigenvalue weighted by Gasteiger charge is 2.13. The molecule has 1 N–H and O–H groups in total. The Morgan fingerprint density at radius 2 is 2.05 bits per heavy atom. The molecule has 2 aromatic carbocycles. The van der Waals surface area contributed by atoms with Crippen LogP contribution in [-0.4, -0.2) is 14.7 Å². The van der Waals surface area contributed by atoms with Gasteiger partial charge in [-0.2, -0.15) is 0 Å². The molecule has 0 spiro atoms. The second-order valence-corrected chi connectivity index (χ2v) is 5.12. The molecule has 0 saturated heterocycles. The zero-order chi connectivity index (χ0) is 14.8. The maximum absolute atomic E-state index is 9.97. The lowest BCUT2D eigenvalue weighted by atomic mass is 10.0. The van der Waals surface area contributed by atoms with Crippen molar-refractivity contribution in [1.82, 2.24) is 9.55 Å². The van der Waals surface area contributed by atoms with Crippen LogP contribution in [0.2, 0.25) is 0 Å². The molecule has 1 atom stereocenters. The van der Waals surface area contributed by atoms with E-state index in [9.17, 15) is 5.11 Å². The van der Waals surface area contributed by atoms with Crippen molar-refractivity contribution in [3.63, 3.8) is 0 Å². The van der Waals surface area contributed by atoms with Crippen LogP contribution in [0.15, 0.2) is 48.8 Å². The minimum Gasteiger partial charge on any atom is -0.485 e. The largest absolute Gasteiger partial charge is 0.485 e. The Morgan fingerprint density at radius 3 is 2.76 bits per heavy atom. The first kappa shape index (κ1) is 13.6. The Morgan fingerprint density at radius 1 is 1.24 bits per heavy atom. The molecule has 0 aliphatic heterocycles. The van der Waals surface area contributed by atoms with Gasteiger partial charge in [-0.1, -0.05) is 36.4 Å². The number of hydrogen-bond acceptors (Lipinski definition) is 3. The minimum absolute atomic E-state index is 0.372. The van der Waals surface area contributed by atoms with E-state index in [2.05, 4.69) is 4.98 Å². The molecule has 0 aliphatic carbocycles. The number of aromatic nitrogens is 2. The summed E-state index contributed by atoms with van der Waals surface area (Å²) in [6, 6.07) is 11.9. The summed E-state index contributed by atoms with van der Waals surface area (Å²) >= 11 is 0. The maximum atomic E-state index is 9.97. The quantitative estimate of drug-likeness (QED) is 0.799. The number of hydrogen-bond donors (Lipinski definition) is 1. The smallest absolute Gasteiger partial charge is 0.146 e. The summed E-state index contributed by atoms with van der Waals surface area (Å²) in [4.78, 5) is 4.26. The molecule has 0 radical (unpaired) electrons. The van der Waals surface area contributed by atoms with Crippen molar-refractivity contribution < 1.29 is 9.84 Å². The topological polar surface area (TPSA) is 47.3 Å². The van der Waals surface area contributed by atoms with Crippen LogP contribution >= 0.6 is 0 Å². The molecule has 0 bridgehead atoms. The highest BCUT2D eigenvalue weighted by atomic mass is 16.5. The number of aliphatic hydroxyl groups excluding tert-OH is 1.